The monoisotopic (exact) mass is 361 g/mol. The van der Waals surface area contributed by atoms with Crippen LogP contribution in [0.3, 0.4) is 0 Å². The van der Waals surface area contributed by atoms with Gasteiger partial charge in [-0.2, -0.15) is 5.26 Å². The van der Waals surface area contributed by atoms with Gasteiger partial charge in [0.2, 0.25) is 0 Å². The molecule has 0 amide bonds. The third-order valence-electron chi connectivity index (χ3n) is 5.91. The number of rotatable bonds is 4. The van der Waals surface area contributed by atoms with E-state index in [1.54, 1.807) is 7.11 Å². The molecular weight excluding hydrogens is 338 g/mol. The first-order chi connectivity index (χ1) is 13.2. The van der Waals surface area contributed by atoms with Crippen LogP contribution in [0.1, 0.15) is 48.9 Å². The predicted molar refractivity (Wildman–Crippen MR) is 103 cm³/mol. The quantitative estimate of drug-likeness (QED) is 0.754. The third kappa shape index (κ3) is 3.08. The van der Waals surface area contributed by atoms with Crippen molar-refractivity contribution in [3.8, 4) is 28.7 Å². The minimum atomic E-state index is -0.437. The van der Waals surface area contributed by atoms with Gasteiger partial charge in [-0.3, -0.25) is 4.79 Å². The Morgan fingerprint density at radius 3 is 2.70 bits per heavy atom. The topological polar surface area (TPSA) is 59.3 Å². The van der Waals surface area contributed by atoms with Gasteiger partial charge in [-0.05, 0) is 67.5 Å². The summed E-state index contributed by atoms with van der Waals surface area (Å²) in [6, 6.07) is 15.9. The standard InChI is InChI=1S/C23H23NO3/c1-26-18-7-4-6-16(14-18)17-9-10-19-21(15-17)27-23(11-2-3-12-23)20(22(19)25)8-5-13-24/h4,6-7,9-10,14-15,20H,2-3,5,8,11-12H2,1H3. The zero-order valence-electron chi connectivity index (χ0n) is 15.5. The molecule has 1 spiro atoms. The zero-order chi connectivity index (χ0) is 18.9. The predicted octanol–water partition coefficient (Wildman–Crippen LogP) is 5.17. The molecule has 0 aromatic heterocycles. The molecule has 1 fully saturated rings. The van der Waals surface area contributed by atoms with Crippen molar-refractivity contribution in [2.45, 2.75) is 44.1 Å². The van der Waals surface area contributed by atoms with E-state index >= 15 is 0 Å². The molecule has 0 N–H and O–H groups in total. The number of carbonyl (C=O) groups excluding carboxylic acids is 1. The largest absolute Gasteiger partial charge is 0.497 e. The highest BCUT2D eigenvalue weighted by Crippen LogP contribution is 2.48. The molecule has 0 bridgehead atoms. The number of fused-ring (bicyclic) bond motifs is 1. The Morgan fingerprint density at radius 2 is 1.96 bits per heavy atom. The Hall–Kier alpha value is -2.80. The van der Waals surface area contributed by atoms with Gasteiger partial charge in [-0.1, -0.05) is 18.2 Å². The first-order valence-electron chi connectivity index (χ1n) is 9.55. The maximum Gasteiger partial charge on any atom is 0.173 e. The van der Waals surface area contributed by atoms with Gasteiger partial charge in [0.1, 0.15) is 17.1 Å². The highest BCUT2D eigenvalue weighted by Gasteiger charge is 2.50. The molecule has 2 aliphatic rings. The molecule has 1 aliphatic heterocycles. The van der Waals surface area contributed by atoms with E-state index in [0.717, 1.165) is 42.6 Å². The maximum atomic E-state index is 13.2. The van der Waals surface area contributed by atoms with E-state index < -0.39 is 5.60 Å². The number of ether oxygens (including phenoxy) is 2. The van der Waals surface area contributed by atoms with E-state index in [9.17, 15) is 4.79 Å². The summed E-state index contributed by atoms with van der Waals surface area (Å²) >= 11 is 0. The Morgan fingerprint density at radius 1 is 1.19 bits per heavy atom. The highest BCUT2D eigenvalue weighted by molar-refractivity contribution is 6.02. The summed E-state index contributed by atoms with van der Waals surface area (Å²) in [4.78, 5) is 13.2. The van der Waals surface area contributed by atoms with Gasteiger partial charge in [0.15, 0.2) is 5.78 Å². The number of Topliss-reactive ketones (excluding diaryl/α,β-unsaturated/α-hetero) is 1. The molecule has 2 aromatic carbocycles. The van der Waals surface area contributed by atoms with Crippen LogP contribution in [0, 0.1) is 17.2 Å². The summed E-state index contributed by atoms with van der Waals surface area (Å²) in [6.45, 7) is 0. The first kappa shape index (κ1) is 17.6. The van der Waals surface area contributed by atoms with Crippen molar-refractivity contribution in [2.75, 3.05) is 7.11 Å². The molecular formula is C23H23NO3. The van der Waals surface area contributed by atoms with Crippen molar-refractivity contribution in [1.29, 1.82) is 5.26 Å². The van der Waals surface area contributed by atoms with Crippen LogP contribution in [-0.2, 0) is 0 Å². The minimum Gasteiger partial charge on any atom is -0.497 e. The summed E-state index contributed by atoms with van der Waals surface area (Å²) in [5.74, 6) is 1.39. The molecule has 27 heavy (non-hydrogen) atoms. The number of ketones is 1. The van der Waals surface area contributed by atoms with Crippen molar-refractivity contribution in [2.24, 2.45) is 5.92 Å². The van der Waals surface area contributed by atoms with Crippen LogP contribution in [0.4, 0.5) is 0 Å². The van der Waals surface area contributed by atoms with Gasteiger partial charge >= 0.3 is 0 Å². The maximum absolute atomic E-state index is 13.2. The van der Waals surface area contributed by atoms with E-state index in [4.69, 9.17) is 14.7 Å². The minimum absolute atomic E-state index is 0.130. The first-order valence-corrected chi connectivity index (χ1v) is 9.55. The smallest absolute Gasteiger partial charge is 0.173 e. The fourth-order valence-electron chi connectivity index (χ4n) is 4.54. The lowest BCUT2D eigenvalue weighted by Gasteiger charge is -2.41. The molecule has 0 saturated heterocycles. The molecule has 4 heteroatoms. The van der Waals surface area contributed by atoms with Crippen LogP contribution < -0.4 is 9.47 Å². The number of carbonyl (C=O) groups is 1. The van der Waals surface area contributed by atoms with Crippen LogP contribution in [0.25, 0.3) is 11.1 Å². The number of nitriles is 1. The molecule has 2 aromatic rings. The van der Waals surface area contributed by atoms with Crippen molar-refractivity contribution in [3.05, 3.63) is 48.0 Å². The van der Waals surface area contributed by atoms with Gasteiger partial charge < -0.3 is 9.47 Å². The average Bonchev–Trinajstić information content (AvgIpc) is 3.16. The van der Waals surface area contributed by atoms with E-state index in [1.807, 2.05) is 42.5 Å². The molecule has 1 aliphatic carbocycles. The van der Waals surface area contributed by atoms with Gasteiger partial charge in [-0.15, -0.1) is 0 Å². The van der Waals surface area contributed by atoms with Crippen molar-refractivity contribution >= 4 is 5.78 Å². The number of hydrogen-bond donors (Lipinski definition) is 0. The van der Waals surface area contributed by atoms with Gasteiger partial charge in [0.25, 0.3) is 0 Å². The SMILES string of the molecule is COc1cccc(-c2ccc3c(c2)OC2(CCCC2)C(CCC#N)C3=O)c1. The summed E-state index contributed by atoms with van der Waals surface area (Å²) in [5.41, 5.74) is 2.24. The molecule has 4 rings (SSSR count). The third-order valence-corrected chi connectivity index (χ3v) is 5.91. The summed E-state index contributed by atoms with van der Waals surface area (Å²) in [7, 11) is 1.65. The van der Waals surface area contributed by atoms with Crippen LogP contribution in [0.5, 0.6) is 11.5 Å². The van der Waals surface area contributed by atoms with Gasteiger partial charge in [0.05, 0.1) is 24.7 Å². The van der Waals surface area contributed by atoms with Crippen molar-refractivity contribution < 1.29 is 14.3 Å². The normalized spacial score (nSPS) is 20.0. The Bertz CT molecular complexity index is 906. The Labute approximate surface area is 159 Å². The molecule has 1 heterocycles. The number of hydrogen-bond acceptors (Lipinski definition) is 4. The lowest BCUT2D eigenvalue weighted by molar-refractivity contribution is 0.00319. The fourth-order valence-corrected chi connectivity index (χ4v) is 4.54. The summed E-state index contributed by atoms with van der Waals surface area (Å²) < 4.78 is 11.8. The molecule has 0 radical (unpaired) electrons. The fraction of sp³-hybridized carbons (Fsp3) is 0.391. The van der Waals surface area contributed by atoms with Gasteiger partial charge in [0, 0.05) is 6.42 Å². The van der Waals surface area contributed by atoms with Crippen molar-refractivity contribution in [3.63, 3.8) is 0 Å². The molecule has 4 nitrogen and oxygen atoms in total. The molecule has 138 valence electrons. The highest BCUT2D eigenvalue weighted by atomic mass is 16.5. The number of methoxy groups -OCH3 is 1. The second-order valence-electron chi connectivity index (χ2n) is 7.43. The van der Waals surface area contributed by atoms with E-state index in [-0.39, 0.29) is 11.7 Å². The Balaban J connectivity index is 1.73. The molecule has 1 atom stereocenters. The summed E-state index contributed by atoms with van der Waals surface area (Å²) in [6.07, 6.45) is 4.88. The van der Waals surface area contributed by atoms with E-state index in [1.165, 1.54) is 0 Å². The lowest BCUT2D eigenvalue weighted by Crippen LogP contribution is -2.48. The second-order valence-corrected chi connectivity index (χ2v) is 7.43. The Kier molecular flexibility index (Phi) is 4.61. The average molecular weight is 361 g/mol. The van der Waals surface area contributed by atoms with E-state index in [2.05, 4.69) is 6.07 Å². The lowest BCUT2D eigenvalue weighted by atomic mass is 9.75. The summed E-state index contributed by atoms with van der Waals surface area (Å²) in [5, 5.41) is 9.00. The molecule has 1 saturated carbocycles. The van der Waals surface area contributed by atoms with Crippen molar-refractivity contribution in [1.82, 2.24) is 0 Å². The van der Waals surface area contributed by atoms with Crippen LogP contribution in [-0.4, -0.2) is 18.5 Å². The zero-order valence-corrected chi connectivity index (χ0v) is 15.5. The van der Waals surface area contributed by atoms with E-state index in [0.29, 0.717) is 24.2 Å². The number of benzene rings is 2. The van der Waals surface area contributed by atoms with Crippen LogP contribution >= 0.6 is 0 Å². The van der Waals surface area contributed by atoms with Crippen LogP contribution in [0.15, 0.2) is 42.5 Å². The molecule has 1 unspecified atom stereocenters. The van der Waals surface area contributed by atoms with Crippen LogP contribution in [0.2, 0.25) is 0 Å². The number of nitrogens with zero attached hydrogens (tertiary/aromatic N) is 1. The second kappa shape index (κ2) is 7.08. The van der Waals surface area contributed by atoms with Gasteiger partial charge in [-0.25, -0.2) is 0 Å².